The van der Waals surface area contributed by atoms with Gasteiger partial charge in [-0.3, -0.25) is 9.98 Å². The highest BCUT2D eigenvalue weighted by molar-refractivity contribution is 5.79. The molecule has 0 aliphatic rings. The van der Waals surface area contributed by atoms with Crippen molar-refractivity contribution < 1.29 is 9.47 Å². The zero-order valence-electron chi connectivity index (χ0n) is 15.5. The summed E-state index contributed by atoms with van der Waals surface area (Å²) >= 11 is 0. The second kappa shape index (κ2) is 8.92. The fourth-order valence-electron chi connectivity index (χ4n) is 2.67. The Morgan fingerprint density at radius 1 is 1.08 bits per heavy atom. The van der Waals surface area contributed by atoms with E-state index in [1.54, 1.807) is 21.3 Å². The maximum atomic E-state index is 5.45. The Kier molecular flexibility index (Phi) is 6.62. The third-order valence-corrected chi connectivity index (χ3v) is 4.04. The van der Waals surface area contributed by atoms with Crippen LogP contribution in [-0.4, -0.2) is 32.2 Å². The monoisotopic (exact) mass is 342 g/mol. The Hall–Kier alpha value is -2.76. The third-order valence-electron chi connectivity index (χ3n) is 4.04. The van der Waals surface area contributed by atoms with Gasteiger partial charge in [0, 0.05) is 36.5 Å². The minimum Gasteiger partial charge on any atom is -0.496 e. The molecule has 1 aromatic carbocycles. The maximum Gasteiger partial charge on any atom is 0.191 e. The molecule has 6 nitrogen and oxygen atoms in total. The molecule has 0 fully saturated rings. The average Bonchev–Trinajstić information content (AvgIpc) is 2.64. The number of nitrogens with zero attached hydrogens (tertiary/aromatic N) is 2. The standard InChI is InChI=1S/C19H26N4O2/c1-13-10-21-16(14(2)18(13)25-5)12-23-19(20-3)22-11-15-8-6-7-9-17(15)24-4/h6-10H,11-12H2,1-5H3,(H2,20,22,23). The summed E-state index contributed by atoms with van der Waals surface area (Å²) in [4.78, 5) is 8.75. The molecular formula is C19H26N4O2. The predicted octanol–water partition coefficient (Wildman–Crippen LogP) is 2.58. The molecule has 0 saturated carbocycles. The number of aromatic nitrogens is 1. The Morgan fingerprint density at radius 2 is 1.80 bits per heavy atom. The van der Waals surface area contributed by atoms with Crippen LogP contribution in [0.25, 0.3) is 0 Å². The second-order valence-electron chi connectivity index (χ2n) is 5.64. The number of benzene rings is 1. The number of ether oxygens (including phenoxy) is 2. The zero-order valence-corrected chi connectivity index (χ0v) is 15.5. The second-order valence-corrected chi connectivity index (χ2v) is 5.64. The van der Waals surface area contributed by atoms with E-state index in [0.717, 1.165) is 33.9 Å². The molecule has 134 valence electrons. The molecule has 0 saturated heterocycles. The molecule has 1 heterocycles. The number of aryl methyl sites for hydroxylation is 1. The minimum atomic E-state index is 0.564. The molecule has 0 aliphatic heterocycles. The maximum absolute atomic E-state index is 5.45. The number of guanidine groups is 1. The van der Waals surface area contributed by atoms with Crippen molar-refractivity contribution in [3.05, 3.63) is 52.8 Å². The number of pyridine rings is 1. The molecule has 0 amide bonds. The van der Waals surface area contributed by atoms with E-state index >= 15 is 0 Å². The first-order chi connectivity index (χ1) is 12.1. The van der Waals surface area contributed by atoms with Crippen molar-refractivity contribution in [3.63, 3.8) is 0 Å². The molecular weight excluding hydrogens is 316 g/mol. The van der Waals surface area contributed by atoms with Crippen molar-refractivity contribution in [2.75, 3.05) is 21.3 Å². The Bertz CT molecular complexity index is 744. The van der Waals surface area contributed by atoms with Crippen molar-refractivity contribution in [3.8, 4) is 11.5 Å². The summed E-state index contributed by atoms with van der Waals surface area (Å²) in [5.41, 5.74) is 4.07. The number of para-hydroxylation sites is 1. The first-order valence-corrected chi connectivity index (χ1v) is 8.16. The van der Waals surface area contributed by atoms with E-state index in [2.05, 4.69) is 20.6 Å². The van der Waals surface area contributed by atoms with Gasteiger partial charge in [-0.25, -0.2) is 0 Å². The number of rotatable bonds is 6. The summed E-state index contributed by atoms with van der Waals surface area (Å²) < 4.78 is 10.8. The smallest absolute Gasteiger partial charge is 0.191 e. The van der Waals surface area contributed by atoms with Gasteiger partial charge in [0.25, 0.3) is 0 Å². The molecule has 0 spiro atoms. The Balaban J connectivity index is 1.99. The molecule has 2 N–H and O–H groups in total. The summed E-state index contributed by atoms with van der Waals surface area (Å²) in [6.07, 6.45) is 1.83. The van der Waals surface area contributed by atoms with Crippen molar-refractivity contribution in [2.24, 2.45) is 4.99 Å². The van der Waals surface area contributed by atoms with Gasteiger partial charge in [-0.15, -0.1) is 0 Å². The van der Waals surface area contributed by atoms with Crippen LogP contribution in [0.2, 0.25) is 0 Å². The highest BCUT2D eigenvalue weighted by atomic mass is 16.5. The Labute approximate surface area is 149 Å². The quantitative estimate of drug-likeness (QED) is 0.624. The topological polar surface area (TPSA) is 67.8 Å². The Morgan fingerprint density at radius 3 is 2.48 bits per heavy atom. The number of methoxy groups -OCH3 is 2. The number of nitrogens with one attached hydrogen (secondary N) is 2. The first kappa shape index (κ1) is 18.6. The van der Waals surface area contributed by atoms with Crippen molar-refractivity contribution in [1.29, 1.82) is 0 Å². The molecule has 0 bridgehead atoms. The summed E-state index contributed by atoms with van der Waals surface area (Å²) in [5, 5.41) is 6.58. The van der Waals surface area contributed by atoms with Gasteiger partial charge in [-0.2, -0.15) is 0 Å². The van der Waals surface area contributed by atoms with E-state index in [4.69, 9.17) is 9.47 Å². The van der Waals surface area contributed by atoms with Crippen LogP contribution in [0.4, 0.5) is 0 Å². The van der Waals surface area contributed by atoms with Crippen molar-refractivity contribution >= 4 is 5.96 Å². The van der Waals surface area contributed by atoms with E-state index < -0.39 is 0 Å². The van der Waals surface area contributed by atoms with Gasteiger partial charge in [0.05, 0.1) is 26.5 Å². The number of aliphatic imine (C=N–C) groups is 1. The molecule has 25 heavy (non-hydrogen) atoms. The van der Waals surface area contributed by atoms with Gasteiger partial charge in [-0.05, 0) is 19.9 Å². The number of hydrogen-bond donors (Lipinski definition) is 2. The van der Waals surface area contributed by atoms with Crippen LogP contribution in [0.3, 0.4) is 0 Å². The van der Waals surface area contributed by atoms with Gasteiger partial charge < -0.3 is 20.1 Å². The van der Waals surface area contributed by atoms with Crippen molar-refractivity contribution in [2.45, 2.75) is 26.9 Å². The van der Waals surface area contributed by atoms with Crippen LogP contribution in [0, 0.1) is 13.8 Å². The van der Waals surface area contributed by atoms with Crippen LogP contribution in [0.5, 0.6) is 11.5 Å². The van der Waals surface area contributed by atoms with Crippen LogP contribution < -0.4 is 20.1 Å². The lowest BCUT2D eigenvalue weighted by Crippen LogP contribution is -2.36. The van der Waals surface area contributed by atoms with Gasteiger partial charge in [-0.1, -0.05) is 18.2 Å². The highest BCUT2D eigenvalue weighted by Gasteiger charge is 2.10. The molecule has 0 atom stereocenters. The van der Waals surface area contributed by atoms with E-state index in [0.29, 0.717) is 19.0 Å². The fraction of sp³-hybridized carbons (Fsp3) is 0.368. The minimum absolute atomic E-state index is 0.564. The van der Waals surface area contributed by atoms with E-state index in [1.807, 2.05) is 44.3 Å². The van der Waals surface area contributed by atoms with Crippen molar-refractivity contribution in [1.82, 2.24) is 15.6 Å². The van der Waals surface area contributed by atoms with E-state index in [-0.39, 0.29) is 0 Å². The highest BCUT2D eigenvalue weighted by Crippen LogP contribution is 2.23. The molecule has 0 unspecified atom stereocenters. The van der Waals surface area contributed by atoms with E-state index in [1.165, 1.54) is 0 Å². The van der Waals surface area contributed by atoms with Crippen LogP contribution >= 0.6 is 0 Å². The van der Waals surface area contributed by atoms with E-state index in [9.17, 15) is 0 Å². The van der Waals surface area contributed by atoms with Gasteiger partial charge in [0.2, 0.25) is 0 Å². The SMILES string of the molecule is CN=C(NCc1ccccc1OC)NCc1ncc(C)c(OC)c1C. The molecule has 1 aromatic heterocycles. The largest absolute Gasteiger partial charge is 0.496 e. The first-order valence-electron chi connectivity index (χ1n) is 8.16. The molecule has 2 rings (SSSR count). The predicted molar refractivity (Wildman–Crippen MR) is 100 cm³/mol. The molecule has 2 aromatic rings. The summed E-state index contributed by atoms with van der Waals surface area (Å²) in [6.45, 7) is 5.19. The summed E-state index contributed by atoms with van der Waals surface area (Å²) in [5.74, 6) is 2.43. The average molecular weight is 342 g/mol. The lowest BCUT2D eigenvalue weighted by molar-refractivity contribution is 0.406. The number of hydrogen-bond acceptors (Lipinski definition) is 4. The third kappa shape index (κ3) is 4.62. The molecule has 0 aliphatic carbocycles. The van der Waals surface area contributed by atoms with Gasteiger partial charge in [0.15, 0.2) is 5.96 Å². The van der Waals surface area contributed by atoms with Crippen LogP contribution in [0.15, 0.2) is 35.5 Å². The lowest BCUT2D eigenvalue weighted by atomic mass is 10.1. The summed E-state index contributed by atoms with van der Waals surface area (Å²) in [6, 6.07) is 7.91. The van der Waals surface area contributed by atoms with Gasteiger partial charge in [0.1, 0.15) is 11.5 Å². The fourth-order valence-corrected chi connectivity index (χ4v) is 2.67. The zero-order chi connectivity index (χ0) is 18.2. The lowest BCUT2D eigenvalue weighted by Gasteiger charge is -2.16. The van der Waals surface area contributed by atoms with Crippen LogP contribution in [0.1, 0.15) is 22.4 Å². The van der Waals surface area contributed by atoms with Crippen LogP contribution in [-0.2, 0) is 13.1 Å². The summed E-state index contributed by atoms with van der Waals surface area (Å²) in [7, 11) is 5.10. The molecule has 6 heteroatoms. The normalized spacial score (nSPS) is 11.2. The molecule has 0 radical (unpaired) electrons. The van der Waals surface area contributed by atoms with Gasteiger partial charge >= 0.3 is 0 Å².